The van der Waals surface area contributed by atoms with Crippen LogP contribution in [0, 0.1) is 6.92 Å². The molecule has 0 aliphatic carbocycles. The fraction of sp³-hybridized carbons (Fsp3) is 0.333. The summed E-state index contributed by atoms with van der Waals surface area (Å²) in [6.07, 6.45) is -2.05. The Balaban J connectivity index is 1.63. The van der Waals surface area contributed by atoms with E-state index in [4.69, 9.17) is 4.74 Å². The second kappa shape index (κ2) is 8.38. The van der Waals surface area contributed by atoms with Crippen LogP contribution in [0.1, 0.15) is 35.0 Å². The number of aromatic nitrogens is 6. The first kappa shape index (κ1) is 23.9. The Morgan fingerprint density at radius 1 is 1.14 bits per heavy atom. The molecule has 1 atom stereocenters. The molecule has 0 spiro atoms. The first-order valence-electron chi connectivity index (χ1n) is 11.1. The largest absolute Gasteiger partial charge is 0.446 e. The van der Waals surface area contributed by atoms with Gasteiger partial charge < -0.3 is 4.74 Å². The summed E-state index contributed by atoms with van der Waals surface area (Å²) in [7, 11) is 3.19. The Labute approximate surface area is 202 Å². The number of hydrogen-bond donors (Lipinski definition) is 0. The van der Waals surface area contributed by atoms with Crippen LogP contribution in [-0.4, -0.2) is 37.3 Å². The highest BCUT2D eigenvalue weighted by Gasteiger charge is 2.46. The van der Waals surface area contributed by atoms with Crippen molar-refractivity contribution >= 4 is 0 Å². The van der Waals surface area contributed by atoms with Crippen LogP contribution in [0.25, 0.3) is 17.2 Å². The van der Waals surface area contributed by atoms with E-state index >= 15 is 0 Å². The molecule has 0 fully saturated rings. The minimum atomic E-state index is -4.70. The van der Waals surface area contributed by atoms with Gasteiger partial charge in [-0.2, -0.15) is 17.7 Å². The lowest BCUT2D eigenvalue weighted by molar-refractivity contribution is -0.665. The van der Waals surface area contributed by atoms with Crippen LogP contribution in [0.15, 0.2) is 48.9 Å². The van der Waals surface area contributed by atoms with Gasteiger partial charge in [-0.05, 0) is 24.6 Å². The van der Waals surface area contributed by atoms with Gasteiger partial charge >= 0.3 is 12.1 Å². The van der Waals surface area contributed by atoms with E-state index < -0.39 is 36.5 Å². The molecule has 1 aliphatic rings. The molecule has 0 amide bonds. The van der Waals surface area contributed by atoms with E-state index in [1.807, 2.05) is 13.1 Å². The number of methoxy groups -OCH3 is 1. The van der Waals surface area contributed by atoms with Gasteiger partial charge in [0.2, 0.25) is 5.82 Å². The molecule has 0 saturated carbocycles. The number of benzene rings is 1. The molecule has 4 heterocycles. The fourth-order valence-electron chi connectivity index (χ4n) is 4.66. The third kappa shape index (κ3) is 4.10. The predicted octanol–water partition coefficient (Wildman–Crippen LogP) is 4.46. The van der Waals surface area contributed by atoms with Crippen LogP contribution < -0.4 is 9.30 Å². The smallest absolute Gasteiger partial charge is 0.416 e. The van der Waals surface area contributed by atoms with Crippen molar-refractivity contribution in [1.82, 2.24) is 24.3 Å². The Bertz CT molecular complexity index is 1440. The zero-order valence-electron chi connectivity index (χ0n) is 19.6. The lowest BCUT2D eigenvalue weighted by Gasteiger charge is -2.30. The van der Waals surface area contributed by atoms with Crippen LogP contribution >= 0.6 is 0 Å². The Kier molecular flexibility index (Phi) is 5.56. The molecular formula is C24H22F5N6O+. The lowest BCUT2D eigenvalue weighted by Crippen LogP contribution is -2.35. The van der Waals surface area contributed by atoms with Gasteiger partial charge in [-0.15, -0.1) is 5.10 Å². The van der Waals surface area contributed by atoms with Crippen molar-refractivity contribution in [2.24, 2.45) is 7.05 Å². The summed E-state index contributed by atoms with van der Waals surface area (Å²) in [5, 5.41) is 4.28. The third-order valence-electron chi connectivity index (χ3n) is 6.23. The second-order valence-corrected chi connectivity index (χ2v) is 8.74. The van der Waals surface area contributed by atoms with E-state index in [0.29, 0.717) is 17.3 Å². The van der Waals surface area contributed by atoms with Crippen molar-refractivity contribution < 1.29 is 31.3 Å². The molecule has 7 nitrogen and oxygen atoms in total. The van der Waals surface area contributed by atoms with Gasteiger partial charge in [0.05, 0.1) is 30.6 Å². The van der Waals surface area contributed by atoms with Crippen molar-refractivity contribution in [2.75, 3.05) is 7.11 Å². The molecule has 0 saturated heterocycles. The van der Waals surface area contributed by atoms with E-state index in [2.05, 4.69) is 15.1 Å². The van der Waals surface area contributed by atoms with Gasteiger partial charge in [0, 0.05) is 18.7 Å². The maximum Gasteiger partial charge on any atom is 0.416 e. The van der Waals surface area contributed by atoms with Gasteiger partial charge in [-0.1, -0.05) is 18.2 Å². The topological polar surface area (TPSA) is 61.6 Å². The highest BCUT2D eigenvalue weighted by atomic mass is 19.4. The Morgan fingerprint density at radius 3 is 2.56 bits per heavy atom. The standard InChI is InChI=1S/C24H22F5N6O/c1-14-11-34(13-30-14)19-9-8-18(33(2)22(19)36-3)20-31-21-16(10-23(25,26)12-35(21)32-20)15-6-4-5-7-17(15)24(27,28)29/h4-9,11,13,16H,10,12H2,1-3H3/q+1. The van der Waals surface area contributed by atoms with E-state index in [9.17, 15) is 22.0 Å². The van der Waals surface area contributed by atoms with Crippen molar-refractivity contribution in [1.29, 1.82) is 0 Å². The maximum atomic E-state index is 14.7. The molecule has 0 bridgehead atoms. The van der Waals surface area contributed by atoms with Crippen molar-refractivity contribution in [3.8, 4) is 23.1 Å². The van der Waals surface area contributed by atoms with Crippen LogP contribution in [0.5, 0.6) is 5.88 Å². The molecule has 12 heteroatoms. The number of aryl methyl sites for hydroxylation is 1. The molecule has 3 aromatic heterocycles. The number of hydrogen-bond acceptors (Lipinski definition) is 4. The fourth-order valence-corrected chi connectivity index (χ4v) is 4.66. The number of fused-ring (bicyclic) bond motifs is 1. The van der Waals surface area contributed by atoms with E-state index in [0.717, 1.165) is 16.4 Å². The SMILES string of the molecule is COc1c(-n2cnc(C)c2)ccc(-c2nc3n(n2)CC(F)(F)CC3c2ccccc2C(F)(F)F)[n+]1C. The molecule has 0 N–H and O–H groups in total. The molecule has 0 radical (unpaired) electrons. The van der Waals surface area contributed by atoms with E-state index in [1.165, 1.54) is 25.3 Å². The number of alkyl halides is 5. The average Bonchev–Trinajstić information content (AvgIpc) is 3.43. The van der Waals surface area contributed by atoms with E-state index in [-0.39, 0.29) is 17.2 Å². The first-order valence-corrected chi connectivity index (χ1v) is 11.1. The number of ether oxygens (including phenoxy) is 1. The Morgan fingerprint density at radius 2 is 1.89 bits per heavy atom. The highest BCUT2D eigenvalue weighted by molar-refractivity contribution is 5.51. The number of rotatable bonds is 4. The summed E-state index contributed by atoms with van der Waals surface area (Å²) in [5.41, 5.74) is 0.712. The lowest BCUT2D eigenvalue weighted by atomic mass is 9.86. The van der Waals surface area contributed by atoms with E-state index in [1.54, 1.807) is 34.6 Å². The van der Waals surface area contributed by atoms with Crippen LogP contribution in [0.3, 0.4) is 0 Å². The number of nitrogens with zero attached hydrogens (tertiary/aromatic N) is 6. The van der Waals surface area contributed by atoms with Crippen molar-refractivity contribution in [2.45, 2.75) is 37.9 Å². The molecule has 4 aromatic rings. The van der Waals surface area contributed by atoms with Crippen LogP contribution in [-0.2, 0) is 19.8 Å². The minimum absolute atomic E-state index is 0.0564. The molecular weight excluding hydrogens is 483 g/mol. The molecule has 188 valence electrons. The van der Waals surface area contributed by atoms with Crippen molar-refractivity contribution in [3.05, 3.63) is 71.6 Å². The van der Waals surface area contributed by atoms with Crippen LogP contribution in [0.2, 0.25) is 0 Å². The Hall–Kier alpha value is -3.83. The number of pyridine rings is 1. The summed E-state index contributed by atoms with van der Waals surface area (Å²) in [5.74, 6) is -3.95. The summed E-state index contributed by atoms with van der Waals surface area (Å²) in [6, 6.07) is 8.20. The highest BCUT2D eigenvalue weighted by Crippen LogP contribution is 2.44. The predicted molar refractivity (Wildman–Crippen MR) is 118 cm³/mol. The number of imidazole rings is 1. The quantitative estimate of drug-likeness (QED) is 0.304. The zero-order valence-corrected chi connectivity index (χ0v) is 19.6. The maximum absolute atomic E-state index is 14.7. The van der Waals surface area contributed by atoms with Gasteiger partial charge in [0.25, 0.3) is 11.6 Å². The average molecular weight is 505 g/mol. The van der Waals surface area contributed by atoms with Gasteiger partial charge in [0.1, 0.15) is 19.4 Å². The summed E-state index contributed by atoms with van der Waals surface area (Å²) >= 11 is 0. The first-order chi connectivity index (χ1) is 17.0. The van der Waals surface area contributed by atoms with Crippen LogP contribution in [0.4, 0.5) is 22.0 Å². The summed E-state index contributed by atoms with van der Waals surface area (Å²) in [4.78, 5) is 8.68. The molecule has 1 aliphatic heterocycles. The summed E-state index contributed by atoms with van der Waals surface area (Å²) < 4.78 is 80.5. The summed E-state index contributed by atoms with van der Waals surface area (Å²) in [6.45, 7) is 1.08. The van der Waals surface area contributed by atoms with Gasteiger partial charge in [-0.3, -0.25) is 4.57 Å². The number of halogens is 5. The second-order valence-electron chi connectivity index (χ2n) is 8.74. The monoisotopic (exact) mass is 505 g/mol. The zero-order chi connectivity index (χ0) is 25.8. The van der Waals surface area contributed by atoms with Crippen molar-refractivity contribution in [3.63, 3.8) is 0 Å². The van der Waals surface area contributed by atoms with Gasteiger partial charge in [0.15, 0.2) is 5.69 Å². The molecule has 36 heavy (non-hydrogen) atoms. The molecule has 1 aromatic carbocycles. The third-order valence-corrected chi connectivity index (χ3v) is 6.23. The normalized spacial score (nSPS) is 17.2. The van der Waals surface area contributed by atoms with Gasteiger partial charge in [-0.25, -0.2) is 23.4 Å². The minimum Gasteiger partial charge on any atom is -0.446 e. The molecule has 5 rings (SSSR count). The molecule has 1 unspecified atom stereocenters.